The van der Waals surface area contributed by atoms with Gasteiger partial charge in [0.25, 0.3) is 0 Å². The van der Waals surface area contributed by atoms with Crippen molar-refractivity contribution in [2.24, 2.45) is 15.7 Å². The number of urea groups is 1. The van der Waals surface area contributed by atoms with Gasteiger partial charge in [0.1, 0.15) is 12.4 Å². The first-order chi connectivity index (χ1) is 19.5. The monoisotopic (exact) mass is 547 g/mol. The summed E-state index contributed by atoms with van der Waals surface area (Å²) in [5, 5.41) is 4.54. The van der Waals surface area contributed by atoms with Gasteiger partial charge in [0, 0.05) is 58.5 Å². The SMILES string of the molecule is CCC1(N)N=C2C(=NC(=O)N2CCN2CCN(c3ccc(OCCOC)cc3)CC2)c2nc(-c3ccco3)nn21. The van der Waals surface area contributed by atoms with Crippen LogP contribution in [0.5, 0.6) is 5.75 Å². The molecule has 13 nitrogen and oxygen atoms in total. The van der Waals surface area contributed by atoms with Gasteiger partial charge in [0.15, 0.2) is 23.1 Å². The number of furan rings is 1. The lowest BCUT2D eigenvalue weighted by molar-refractivity contribution is 0.146. The maximum atomic E-state index is 13.0. The summed E-state index contributed by atoms with van der Waals surface area (Å²) in [5.74, 6) is 1.41. The number of nitrogens with zero attached hydrogens (tertiary/aromatic N) is 8. The van der Waals surface area contributed by atoms with Gasteiger partial charge in [-0.15, -0.1) is 5.10 Å². The molecule has 40 heavy (non-hydrogen) atoms. The van der Waals surface area contributed by atoms with Gasteiger partial charge in [0.2, 0.25) is 11.6 Å². The molecule has 2 aromatic heterocycles. The quantitative estimate of drug-likeness (QED) is 0.378. The largest absolute Gasteiger partial charge is 0.491 e. The van der Waals surface area contributed by atoms with Gasteiger partial charge in [-0.1, -0.05) is 6.92 Å². The average Bonchev–Trinajstić information content (AvgIpc) is 3.73. The van der Waals surface area contributed by atoms with E-state index in [1.165, 1.54) is 5.69 Å². The van der Waals surface area contributed by atoms with E-state index in [2.05, 4.69) is 37.0 Å². The molecule has 1 unspecified atom stereocenters. The van der Waals surface area contributed by atoms with E-state index in [0.717, 1.165) is 31.9 Å². The van der Waals surface area contributed by atoms with Crippen molar-refractivity contribution in [3.05, 3.63) is 48.5 Å². The topological polar surface area (TPSA) is 140 Å². The molecule has 3 aliphatic rings. The summed E-state index contributed by atoms with van der Waals surface area (Å²) in [5.41, 5.74) is 8.23. The summed E-state index contributed by atoms with van der Waals surface area (Å²) in [7, 11) is 1.66. The molecule has 0 bridgehead atoms. The van der Waals surface area contributed by atoms with E-state index in [-0.39, 0.29) is 6.03 Å². The number of amidine groups is 1. The zero-order valence-electron chi connectivity index (χ0n) is 22.7. The number of hydrogen-bond donors (Lipinski definition) is 1. The number of hydrogen-bond acceptors (Lipinski definition) is 10. The number of carbonyl (C=O) groups excluding carboxylic acids is 1. The van der Waals surface area contributed by atoms with Crippen molar-refractivity contribution in [1.29, 1.82) is 0 Å². The standard InChI is InChI=1S/C27H33N9O4/c1-3-27(28)31-25-22(24-30-23(32-36(24)27)21-5-4-16-40-21)29-26(37)35(25)15-12-33-10-13-34(14-11-33)19-6-8-20(9-7-19)39-18-17-38-2/h4-9,16H,3,10-15,17-18,28H2,1-2H3. The van der Waals surface area contributed by atoms with Gasteiger partial charge < -0.3 is 18.8 Å². The summed E-state index contributed by atoms with van der Waals surface area (Å²) >= 11 is 0. The third kappa shape index (κ3) is 4.87. The number of carbonyl (C=O) groups is 1. The molecule has 1 fully saturated rings. The summed E-state index contributed by atoms with van der Waals surface area (Å²) in [6.07, 6.45) is 2.02. The zero-order valence-corrected chi connectivity index (χ0v) is 22.7. The number of anilines is 1. The zero-order chi connectivity index (χ0) is 27.7. The molecular weight excluding hydrogens is 514 g/mol. The van der Waals surface area contributed by atoms with Crippen LogP contribution in [0.2, 0.25) is 0 Å². The summed E-state index contributed by atoms with van der Waals surface area (Å²) in [6, 6.07) is 11.3. The fraction of sp³-hybridized carbons (Fsp3) is 0.444. The van der Waals surface area contributed by atoms with Gasteiger partial charge in [0.05, 0.1) is 12.9 Å². The molecule has 210 valence electrons. The number of piperazine rings is 1. The van der Waals surface area contributed by atoms with Crippen molar-refractivity contribution in [2.45, 2.75) is 19.1 Å². The van der Waals surface area contributed by atoms with E-state index in [1.54, 1.807) is 35.1 Å². The van der Waals surface area contributed by atoms with Crippen LogP contribution in [0.3, 0.4) is 0 Å². The van der Waals surface area contributed by atoms with E-state index in [0.29, 0.717) is 61.7 Å². The minimum atomic E-state index is -1.18. The average molecular weight is 548 g/mol. The molecule has 13 heteroatoms. The Balaban J connectivity index is 1.08. The molecule has 2 N–H and O–H groups in total. The number of amides is 2. The number of fused-ring (bicyclic) bond motifs is 3. The van der Waals surface area contributed by atoms with Gasteiger partial charge in [-0.2, -0.15) is 4.99 Å². The normalized spacial score (nSPS) is 20.8. The molecule has 0 aliphatic carbocycles. The lowest BCUT2D eigenvalue weighted by Crippen LogP contribution is -2.52. The highest BCUT2D eigenvalue weighted by molar-refractivity contribution is 6.53. The minimum absolute atomic E-state index is 0.366. The van der Waals surface area contributed by atoms with E-state index in [1.807, 2.05) is 19.1 Å². The fourth-order valence-electron chi connectivity index (χ4n) is 5.06. The Morgan fingerprint density at radius 3 is 2.58 bits per heavy atom. The van der Waals surface area contributed by atoms with Crippen LogP contribution in [0.1, 0.15) is 19.2 Å². The highest BCUT2D eigenvalue weighted by atomic mass is 16.5. The maximum Gasteiger partial charge on any atom is 0.350 e. The lowest BCUT2D eigenvalue weighted by Gasteiger charge is -2.37. The van der Waals surface area contributed by atoms with Crippen LogP contribution < -0.4 is 15.4 Å². The molecule has 0 saturated carbocycles. The Bertz CT molecular complexity index is 1410. The number of nitrogens with two attached hydrogens (primary N) is 1. The van der Waals surface area contributed by atoms with Crippen molar-refractivity contribution >= 4 is 23.3 Å². The summed E-state index contributed by atoms with van der Waals surface area (Å²) in [6.45, 7) is 7.71. The highest BCUT2D eigenvalue weighted by Crippen LogP contribution is 2.30. The van der Waals surface area contributed by atoms with Crippen LogP contribution in [0.15, 0.2) is 57.1 Å². The second kappa shape index (κ2) is 10.8. The molecule has 2 amide bonds. The van der Waals surface area contributed by atoms with Crippen molar-refractivity contribution in [3.8, 4) is 17.3 Å². The number of aromatic nitrogens is 3. The molecule has 1 aromatic carbocycles. The molecular formula is C27H33N9O4. The van der Waals surface area contributed by atoms with Crippen LogP contribution in [0.4, 0.5) is 10.5 Å². The van der Waals surface area contributed by atoms with Crippen molar-refractivity contribution < 1.29 is 18.7 Å². The lowest BCUT2D eigenvalue weighted by atomic mass is 10.2. The van der Waals surface area contributed by atoms with E-state index in [4.69, 9.17) is 24.6 Å². The Labute approximate surface area is 231 Å². The highest BCUT2D eigenvalue weighted by Gasteiger charge is 2.44. The molecule has 6 rings (SSSR count). The van der Waals surface area contributed by atoms with E-state index < -0.39 is 5.79 Å². The van der Waals surface area contributed by atoms with Crippen LogP contribution in [-0.4, -0.2) is 102 Å². The first-order valence-electron chi connectivity index (χ1n) is 13.5. The van der Waals surface area contributed by atoms with E-state index >= 15 is 0 Å². The van der Waals surface area contributed by atoms with Gasteiger partial charge in [-0.25, -0.2) is 19.5 Å². The number of aliphatic imine (C=N–C) groups is 2. The van der Waals surface area contributed by atoms with Crippen LogP contribution in [-0.2, 0) is 10.5 Å². The third-order valence-electron chi connectivity index (χ3n) is 7.42. The Hall–Kier alpha value is -4.07. The second-order valence-corrected chi connectivity index (χ2v) is 9.87. The fourth-order valence-corrected chi connectivity index (χ4v) is 5.06. The Morgan fingerprint density at radius 1 is 1.07 bits per heavy atom. The molecule has 1 saturated heterocycles. The predicted molar refractivity (Wildman–Crippen MR) is 149 cm³/mol. The van der Waals surface area contributed by atoms with Gasteiger partial charge >= 0.3 is 6.03 Å². The smallest absolute Gasteiger partial charge is 0.350 e. The Morgan fingerprint density at radius 2 is 1.88 bits per heavy atom. The summed E-state index contributed by atoms with van der Waals surface area (Å²) < 4.78 is 17.7. The predicted octanol–water partition coefficient (Wildman–Crippen LogP) is 2.00. The molecule has 0 spiro atoms. The number of methoxy groups -OCH3 is 1. The summed E-state index contributed by atoms with van der Waals surface area (Å²) in [4.78, 5) is 33.0. The van der Waals surface area contributed by atoms with Crippen molar-refractivity contribution in [1.82, 2.24) is 24.6 Å². The van der Waals surface area contributed by atoms with Crippen LogP contribution in [0.25, 0.3) is 11.6 Å². The van der Waals surface area contributed by atoms with E-state index in [9.17, 15) is 4.79 Å². The number of ether oxygens (including phenoxy) is 2. The molecule has 1 atom stereocenters. The minimum Gasteiger partial charge on any atom is -0.491 e. The molecule has 3 aliphatic heterocycles. The van der Waals surface area contributed by atoms with Gasteiger partial charge in [-0.3, -0.25) is 15.5 Å². The second-order valence-electron chi connectivity index (χ2n) is 9.87. The number of benzene rings is 1. The molecule has 5 heterocycles. The van der Waals surface area contributed by atoms with Gasteiger partial charge in [-0.05, 0) is 36.4 Å². The maximum absolute atomic E-state index is 13.0. The third-order valence-corrected chi connectivity index (χ3v) is 7.42. The molecule has 3 aromatic rings. The first-order valence-corrected chi connectivity index (χ1v) is 13.5. The van der Waals surface area contributed by atoms with Crippen molar-refractivity contribution in [2.75, 3.05) is 64.5 Å². The Kier molecular flexibility index (Phi) is 7.09. The van der Waals surface area contributed by atoms with Crippen molar-refractivity contribution in [3.63, 3.8) is 0 Å². The molecule has 0 radical (unpaired) electrons. The van der Waals surface area contributed by atoms with Crippen LogP contribution >= 0.6 is 0 Å². The number of rotatable bonds is 10. The first kappa shape index (κ1) is 26.2. The van der Waals surface area contributed by atoms with Crippen LogP contribution in [0, 0.1) is 0 Å².